The summed E-state index contributed by atoms with van der Waals surface area (Å²) in [5.74, 6) is -1.63. The van der Waals surface area contributed by atoms with Crippen LogP contribution < -0.4 is 14.4 Å². The normalized spacial score (nSPS) is 12.1. The lowest BCUT2D eigenvalue weighted by Crippen LogP contribution is -2.53. The van der Waals surface area contributed by atoms with Crippen LogP contribution in [0.5, 0.6) is 5.75 Å². The first-order chi connectivity index (χ1) is 19.5. The van der Waals surface area contributed by atoms with Crippen molar-refractivity contribution >= 4 is 27.5 Å². The summed E-state index contributed by atoms with van der Waals surface area (Å²) in [5, 5.41) is 2.81. The number of hydrogen-bond donors (Lipinski definition) is 1. The van der Waals surface area contributed by atoms with Crippen LogP contribution in [-0.4, -0.2) is 50.4 Å². The van der Waals surface area contributed by atoms with Crippen molar-refractivity contribution < 1.29 is 31.5 Å². The lowest BCUT2D eigenvalue weighted by molar-refractivity contribution is -0.140. The zero-order valence-corrected chi connectivity index (χ0v) is 24.3. The molecule has 0 aromatic heterocycles. The van der Waals surface area contributed by atoms with E-state index in [9.17, 15) is 26.8 Å². The van der Waals surface area contributed by atoms with Gasteiger partial charge in [0.25, 0.3) is 10.0 Å². The zero-order chi connectivity index (χ0) is 30.2. The second-order valence-electron chi connectivity index (χ2n) is 9.63. The van der Waals surface area contributed by atoms with Gasteiger partial charge in [0.2, 0.25) is 11.8 Å². The Bertz CT molecular complexity index is 1410. The van der Waals surface area contributed by atoms with Gasteiger partial charge in [-0.05, 0) is 93.4 Å². The maximum absolute atomic E-state index is 13.9. The van der Waals surface area contributed by atoms with Gasteiger partial charge in [-0.3, -0.25) is 13.9 Å². The van der Waals surface area contributed by atoms with Gasteiger partial charge in [-0.1, -0.05) is 19.1 Å². The van der Waals surface area contributed by atoms with E-state index in [1.165, 1.54) is 65.6 Å². The Hall–Kier alpha value is -3.99. The van der Waals surface area contributed by atoms with Gasteiger partial charge in [0.05, 0.1) is 17.2 Å². The number of hydrogen-bond acceptors (Lipinski definition) is 5. The highest BCUT2D eigenvalue weighted by molar-refractivity contribution is 7.92. The van der Waals surface area contributed by atoms with Crippen LogP contribution in [0.3, 0.4) is 0 Å². The Labute approximate surface area is 240 Å². The molecule has 11 heteroatoms. The van der Waals surface area contributed by atoms with E-state index < -0.39 is 46.1 Å². The number of anilines is 1. The standard InChI is InChI=1S/C30H35F2N3O5S/c1-5-28(30(37)33-21(3)4)34(19-22-7-9-23(31)10-8-22)29(36)20-35(25-13-11-24(32)12-14-25)41(38,39)27-17-15-26(16-18-27)40-6-2/h7-18,21,28H,5-6,19-20H2,1-4H3,(H,33,37). The summed E-state index contributed by atoms with van der Waals surface area (Å²) in [7, 11) is -4.32. The number of carbonyl (C=O) groups excluding carboxylic acids is 2. The molecule has 0 saturated carbocycles. The smallest absolute Gasteiger partial charge is 0.264 e. The number of amides is 2. The maximum atomic E-state index is 13.9. The minimum absolute atomic E-state index is 0.0649. The number of nitrogens with one attached hydrogen (secondary N) is 1. The van der Waals surface area contributed by atoms with E-state index in [0.717, 1.165) is 16.4 Å². The van der Waals surface area contributed by atoms with Gasteiger partial charge in [0, 0.05) is 12.6 Å². The van der Waals surface area contributed by atoms with Crippen LogP contribution in [-0.2, 0) is 26.2 Å². The van der Waals surface area contributed by atoms with Gasteiger partial charge < -0.3 is 15.0 Å². The number of halogens is 2. The molecule has 8 nitrogen and oxygen atoms in total. The number of rotatable bonds is 13. The molecular weight excluding hydrogens is 552 g/mol. The summed E-state index contributed by atoms with van der Waals surface area (Å²) in [6.07, 6.45) is 0.244. The molecule has 220 valence electrons. The number of ether oxygens (including phenoxy) is 1. The Kier molecular flexibility index (Phi) is 10.8. The Morgan fingerprint density at radius 1 is 0.878 bits per heavy atom. The molecule has 0 fully saturated rings. The summed E-state index contributed by atoms with van der Waals surface area (Å²) < 4.78 is 61.3. The third-order valence-electron chi connectivity index (χ3n) is 6.20. The van der Waals surface area contributed by atoms with E-state index in [1.807, 2.05) is 0 Å². The van der Waals surface area contributed by atoms with Crippen LogP contribution >= 0.6 is 0 Å². The molecule has 3 rings (SSSR count). The SMILES string of the molecule is CCOc1ccc(S(=O)(=O)N(CC(=O)N(Cc2ccc(F)cc2)C(CC)C(=O)NC(C)C)c2ccc(F)cc2)cc1. The zero-order valence-electron chi connectivity index (χ0n) is 23.5. The molecule has 1 unspecified atom stereocenters. The van der Waals surface area contributed by atoms with Crippen LogP contribution in [0.1, 0.15) is 39.7 Å². The van der Waals surface area contributed by atoms with Crippen molar-refractivity contribution in [2.45, 2.75) is 57.6 Å². The van der Waals surface area contributed by atoms with Crippen LogP contribution in [0.2, 0.25) is 0 Å². The molecule has 0 spiro atoms. The Morgan fingerprint density at radius 3 is 1.95 bits per heavy atom. The summed E-state index contributed by atoms with van der Waals surface area (Å²) >= 11 is 0. The van der Waals surface area contributed by atoms with Crippen molar-refractivity contribution in [2.75, 3.05) is 17.5 Å². The summed E-state index contributed by atoms with van der Waals surface area (Å²) in [6, 6.07) is 14.8. The molecule has 0 aliphatic heterocycles. The third-order valence-corrected chi connectivity index (χ3v) is 7.99. The Morgan fingerprint density at radius 2 is 1.44 bits per heavy atom. The first kappa shape index (κ1) is 31.5. The fourth-order valence-electron chi connectivity index (χ4n) is 4.22. The third kappa shape index (κ3) is 8.26. The first-order valence-corrected chi connectivity index (χ1v) is 14.8. The van der Waals surface area contributed by atoms with E-state index in [2.05, 4.69) is 5.32 Å². The van der Waals surface area contributed by atoms with Crippen molar-refractivity contribution in [3.8, 4) is 5.75 Å². The fourth-order valence-corrected chi connectivity index (χ4v) is 5.64. The van der Waals surface area contributed by atoms with E-state index in [0.29, 0.717) is 17.9 Å². The molecule has 1 atom stereocenters. The number of carbonyl (C=O) groups is 2. The molecule has 3 aromatic carbocycles. The van der Waals surface area contributed by atoms with Crippen molar-refractivity contribution in [1.29, 1.82) is 0 Å². The Balaban J connectivity index is 2.04. The van der Waals surface area contributed by atoms with Crippen LogP contribution in [0.25, 0.3) is 0 Å². The molecule has 0 radical (unpaired) electrons. The van der Waals surface area contributed by atoms with Gasteiger partial charge >= 0.3 is 0 Å². The van der Waals surface area contributed by atoms with Gasteiger partial charge in [0.1, 0.15) is 30.0 Å². The second-order valence-corrected chi connectivity index (χ2v) is 11.5. The van der Waals surface area contributed by atoms with Crippen molar-refractivity contribution in [1.82, 2.24) is 10.2 Å². The summed E-state index contributed by atoms with van der Waals surface area (Å²) in [4.78, 5) is 28.2. The highest BCUT2D eigenvalue weighted by atomic mass is 32.2. The number of benzene rings is 3. The maximum Gasteiger partial charge on any atom is 0.264 e. The quantitative estimate of drug-likeness (QED) is 0.307. The molecule has 0 bridgehead atoms. The molecular formula is C30H35F2N3O5S. The van der Waals surface area contributed by atoms with Gasteiger partial charge in [-0.25, -0.2) is 17.2 Å². The largest absolute Gasteiger partial charge is 0.494 e. The number of nitrogens with zero attached hydrogens (tertiary/aromatic N) is 2. The molecule has 0 aliphatic carbocycles. The minimum atomic E-state index is -4.32. The lowest BCUT2D eigenvalue weighted by Gasteiger charge is -2.33. The van der Waals surface area contributed by atoms with Gasteiger partial charge in [-0.15, -0.1) is 0 Å². The highest BCUT2D eigenvalue weighted by Gasteiger charge is 2.34. The van der Waals surface area contributed by atoms with Crippen molar-refractivity contribution in [3.05, 3.63) is 90.0 Å². The van der Waals surface area contributed by atoms with E-state index >= 15 is 0 Å². The van der Waals surface area contributed by atoms with E-state index in [1.54, 1.807) is 27.7 Å². The highest BCUT2D eigenvalue weighted by Crippen LogP contribution is 2.26. The molecule has 0 saturated heterocycles. The summed E-state index contributed by atoms with van der Waals surface area (Å²) in [5.41, 5.74) is 0.619. The monoisotopic (exact) mass is 587 g/mol. The molecule has 3 aromatic rings. The minimum Gasteiger partial charge on any atom is -0.494 e. The van der Waals surface area contributed by atoms with Gasteiger partial charge in [-0.2, -0.15) is 0 Å². The molecule has 0 aliphatic rings. The fraction of sp³-hybridized carbons (Fsp3) is 0.333. The molecule has 1 N–H and O–H groups in total. The molecule has 0 heterocycles. The average Bonchev–Trinajstić information content (AvgIpc) is 2.93. The van der Waals surface area contributed by atoms with Crippen molar-refractivity contribution in [3.63, 3.8) is 0 Å². The predicted molar refractivity (Wildman–Crippen MR) is 153 cm³/mol. The lowest BCUT2D eigenvalue weighted by atomic mass is 10.1. The summed E-state index contributed by atoms with van der Waals surface area (Å²) in [6.45, 7) is 6.78. The van der Waals surface area contributed by atoms with Crippen molar-refractivity contribution in [2.24, 2.45) is 0 Å². The van der Waals surface area contributed by atoms with Crippen LogP contribution in [0.15, 0.2) is 77.7 Å². The van der Waals surface area contributed by atoms with Crippen LogP contribution in [0.4, 0.5) is 14.5 Å². The molecule has 2 amide bonds. The predicted octanol–water partition coefficient (Wildman–Crippen LogP) is 4.89. The van der Waals surface area contributed by atoms with E-state index in [4.69, 9.17) is 4.74 Å². The van der Waals surface area contributed by atoms with Crippen LogP contribution in [0, 0.1) is 11.6 Å². The average molecular weight is 588 g/mol. The topological polar surface area (TPSA) is 96.0 Å². The number of sulfonamides is 1. The van der Waals surface area contributed by atoms with E-state index in [-0.39, 0.29) is 29.6 Å². The van der Waals surface area contributed by atoms with Gasteiger partial charge in [0.15, 0.2) is 0 Å². The molecule has 41 heavy (non-hydrogen) atoms. The second kappa shape index (κ2) is 14.1. The first-order valence-electron chi connectivity index (χ1n) is 13.3.